The van der Waals surface area contributed by atoms with E-state index >= 15 is 0 Å². The van der Waals surface area contributed by atoms with Crippen LogP contribution in [0.1, 0.15) is 26.6 Å². The minimum atomic E-state index is -4.66. The molecule has 1 heterocycles. The third-order valence-corrected chi connectivity index (χ3v) is 1.81. The molecule has 0 spiro atoms. The lowest BCUT2D eigenvalue weighted by Gasteiger charge is -2.15. The molecule has 0 aromatic carbocycles. The number of aliphatic hydroxyl groups is 1. The summed E-state index contributed by atoms with van der Waals surface area (Å²) in [5.74, 6) is -0.125. The molecule has 0 aliphatic rings. The highest BCUT2D eigenvalue weighted by Gasteiger charge is 2.39. The second kappa shape index (κ2) is 4.00. The highest BCUT2D eigenvalue weighted by molar-refractivity contribution is 4.85. The summed E-state index contributed by atoms with van der Waals surface area (Å²) < 4.78 is 36.1. The Bertz CT molecular complexity index is 355. The van der Waals surface area contributed by atoms with Crippen molar-refractivity contribution in [2.45, 2.75) is 45.0 Å². The first-order chi connectivity index (χ1) is 7.10. The van der Waals surface area contributed by atoms with Gasteiger partial charge in [-0.25, -0.2) is 0 Å². The average Bonchev–Trinajstić information content (AvgIpc) is 2.49. The molecule has 0 aliphatic carbocycles. The van der Waals surface area contributed by atoms with E-state index in [4.69, 9.17) is 5.11 Å². The maximum Gasteiger partial charge on any atom is 0.414 e. The van der Waals surface area contributed by atoms with Gasteiger partial charge in [-0.3, -0.25) is 0 Å². The van der Waals surface area contributed by atoms with Crippen LogP contribution in [0, 0.1) is 0 Å². The van der Waals surface area contributed by atoms with Crippen molar-refractivity contribution in [2.75, 3.05) is 0 Å². The predicted molar refractivity (Wildman–Crippen MR) is 48.6 cm³/mol. The van der Waals surface area contributed by atoms with E-state index in [0.717, 1.165) is 0 Å². The van der Waals surface area contributed by atoms with Crippen molar-refractivity contribution < 1.29 is 18.3 Å². The third-order valence-electron chi connectivity index (χ3n) is 1.81. The summed E-state index contributed by atoms with van der Waals surface area (Å²) in [6.07, 6.45) is -7.79. The normalized spacial score (nSPS) is 15.2. The minimum absolute atomic E-state index is 0.125. The number of hydrogen-bond acceptors (Lipinski definition) is 4. The topological polar surface area (TPSA) is 63.8 Å². The molecule has 1 aromatic rings. The second-order valence-electron chi connectivity index (χ2n) is 4.43. The van der Waals surface area contributed by atoms with E-state index in [0.29, 0.717) is 0 Å². The Kier molecular flexibility index (Phi) is 3.22. The lowest BCUT2D eigenvalue weighted by atomic mass is 10.1. The quantitative estimate of drug-likeness (QED) is 0.831. The van der Waals surface area contributed by atoms with Gasteiger partial charge in [0, 0.05) is 6.42 Å². The largest absolute Gasteiger partial charge is 0.414 e. The molecule has 1 unspecified atom stereocenters. The molecule has 8 heteroatoms. The summed E-state index contributed by atoms with van der Waals surface area (Å²) in [4.78, 5) is 1.21. The molecule has 1 atom stereocenters. The Morgan fingerprint density at radius 3 is 2.25 bits per heavy atom. The Hall–Kier alpha value is -1.18. The fourth-order valence-corrected chi connectivity index (χ4v) is 0.898. The zero-order valence-corrected chi connectivity index (χ0v) is 9.15. The number of nitrogens with zero attached hydrogens (tertiary/aromatic N) is 4. The first kappa shape index (κ1) is 12.9. The van der Waals surface area contributed by atoms with Gasteiger partial charge in [-0.2, -0.15) is 18.0 Å². The van der Waals surface area contributed by atoms with Crippen LogP contribution in [0.4, 0.5) is 13.2 Å². The molecular weight excluding hydrogens is 225 g/mol. The Morgan fingerprint density at radius 1 is 1.31 bits per heavy atom. The van der Waals surface area contributed by atoms with Gasteiger partial charge in [0.25, 0.3) is 0 Å². The van der Waals surface area contributed by atoms with E-state index in [1.165, 1.54) is 4.80 Å². The van der Waals surface area contributed by atoms with Gasteiger partial charge in [0.1, 0.15) is 0 Å². The van der Waals surface area contributed by atoms with Gasteiger partial charge in [-0.15, -0.1) is 10.2 Å². The van der Waals surface area contributed by atoms with E-state index in [9.17, 15) is 13.2 Å². The molecular formula is C8H13F3N4O. The van der Waals surface area contributed by atoms with Crippen LogP contribution in [0.2, 0.25) is 0 Å². The number of aliphatic hydroxyl groups excluding tert-OH is 1. The number of aromatic nitrogens is 4. The van der Waals surface area contributed by atoms with Crippen LogP contribution < -0.4 is 0 Å². The monoisotopic (exact) mass is 238 g/mol. The van der Waals surface area contributed by atoms with Crippen LogP contribution in [0.15, 0.2) is 0 Å². The van der Waals surface area contributed by atoms with Gasteiger partial charge < -0.3 is 5.11 Å². The van der Waals surface area contributed by atoms with Crippen LogP contribution >= 0.6 is 0 Å². The third kappa shape index (κ3) is 3.16. The van der Waals surface area contributed by atoms with Gasteiger partial charge in [0.05, 0.1) is 5.54 Å². The lowest BCUT2D eigenvalue weighted by molar-refractivity contribution is -0.203. The van der Waals surface area contributed by atoms with Gasteiger partial charge in [0.15, 0.2) is 11.9 Å². The van der Waals surface area contributed by atoms with Crippen molar-refractivity contribution >= 4 is 0 Å². The van der Waals surface area contributed by atoms with Crippen LogP contribution in [0.25, 0.3) is 0 Å². The van der Waals surface area contributed by atoms with Crippen molar-refractivity contribution in [3.63, 3.8) is 0 Å². The van der Waals surface area contributed by atoms with Crippen molar-refractivity contribution in [3.05, 3.63) is 5.82 Å². The Balaban J connectivity index is 2.74. The summed E-state index contributed by atoms with van der Waals surface area (Å²) in [6.45, 7) is 5.37. The van der Waals surface area contributed by atoms with Crippen molar-refractivity contribution in [2.24, 2.45) is 0 Å². The first-order valence-electron chi connectivity index (χ1n) is 4.65. The maximum absolute atomic E-state index is 12.0. The summed E-state index contributed by atoms with van der Waals surface area (Å²) in [5, 5.41) is 19.7. The molecule has 0 radical (unpaired) electrons. The number of halogens is 3. The molecule has 0 fully saturated rings. The summed E-state index contributed by atoms with van der Waals surface area (Å²) in [7, 11) is 0. The standard InChI is InChI=1S/C8H13F3N4O/c1-7(2,3)15-13-6(12-14-15)4-5(16)8(9,10)11/h5,16H,4H2,1-3H3. The molecule has 16 heavy (non-hydrogen) atoms. The summed E-state index contributed by atoms with van der Waals surface area (Å²) in [6, 6.07) is 0. The number of hydrogen-bond donors (Lipinski definition) is 1. The van der Waals surface area contributed by atoms with Crippen molar-refractivity contribution in [1.29, 1.82) is 0 Å². The summed E-state index contributed by atoms with van der Waals surface area (Å²) in [5.41, 5.74) is -0.450. The SMILES string of the molecule is CC(C)(C)n1nnc(CC(O)C(F)(F)F)n1. The first-order valence-corrected chi connectivity index (χ1v) is 4.65. The smallest absolute Gasteiger partial charge is 0.383 e. The van der Waals surface area contributed by atoms with Crippen molar-refractivity contribution in [1.82, 2.24) is 20.2 Å². The molecule has 1 rings (SSSR count). The van der Waals surface area contributed by atoms with E-state index in [1.54, 1.807) is 20.8 Å². The van der Waals surface area contributed by atoms with Crippen LogP contribution in [0.5, 0.6) is 0 Å². The van der Waals surface area contributed by atoms with Gasteiger partial charge in [-0.1, -0.05) is 0 Å². The zero-order chi connectivity index (χ0) is 12.6. The molecule has 92 valence electrons. The van der Waals surface area contributed by atoms with Gasteiger partial charge >= 0.3 is 6.18 Å². The minimum Gasteiger partial charge on any atom is -0.383 e. The predicted octanol–water partition coefficient (Wildman–Crippen LogP) is 0.894. The number of alkyl halides is 3. The molecule has 0 aliphatic heterocycles. The fourth-order valence-electron chi connectivity index (χ4n) is 0.898. The van der Waals surface area contributed by atoms with Crippen LogP contribution in [-0.2, 0) is 12.0 Å². The van der Waals surface area contributed by atoms with Crippen molar-refractivity contribution in [3.8, 4) is 0 Å². The zero-order valence-electron chi connectivity index (χ0n) is 9.15. The fraction of sp³-hybridized carbons (Fsp3) is 0.875. The average molecular weight is 238 g/mol. The van der Waals surface area contributed by atoms with Gasteiger partial charge in [0.2, 0.25) is 0 Å². The number of rotatable bonds is 2. The molecule has 0 saturated heterocycles. The lowest BCUT2D eigenvalue weighted by Crippen LogP contribution is -2.31. The Labute approximate surface area is 90.3 Å². The van der Waals surface area contributed by atoms with E-state index in [2.05, 4.69) is 15.4 Å². The molecule has 0 saturated carbocycles. The summed E-state index contributed by atoms with van der Waals surface area (Å²) >= 11 is 0. The Morgan fingerprint density at radius 2 is 1.88 bits per heavy atom. The van der Waals surface area contributed by atoms with Gasteiger partial charge in [-0.05, 0) is 26.0 Å². The van der Waals surface area contributed by atoms with Crippen LogP contribution in [-0.4, -0.2) is 37.6 Å². The second-order valence-corrected chi connectivity index (χ2v) is 4.43. The maximum atomic E-state index is 12.0. The molecule has 1 aromatic heterocycles. The molecule has 5 nitrogen and oxygen atoms in total. The van der Waals surface area contributed by atoms with Crippen LogP contribution in [0.3, 0.4) is 0 Å². The molecule has 0 bridgehead atoms. The van der Waals surface area contributed by atoms with E-state index < -0.39 is 24.2 Å². The number of tetrazole rings is 1. The highest BCUT2D eigenvalue weighted by Crippen LogP contribution is 2.22. The van der Waals surface area contributed by atoms with E-state index in [-0.39, 0.29) is 5.82 Å². The molecule has 1 N–H and O–H groups in total. The van der Waals surface area contributed by atoms with E-state index in [1.807, 2.05) is 0 Å². The highest BCUT2D eigenvalue weighted by atomic mass is 19.4. The molecule has 0 amide bonds.